The fourth-order valence-corrected chi connectivity index (χ4v) is 5.03. The second-order valence-corrected chi connectivity index (χ2v) is 8.88. The van der Waals surface area contributed by atoms with Crippen LogP contribution in [0.4, 0.5) is 5.82 Å². The van der Waals surface area contributed by atoms with E-state index in [-0.39, 0.29) is 23.4 Å². The van der Waals surface area contributed by atoms with Gasteiger partial charge in [-0.3, -0.25) is 4.57 Å². The quantitative estimate of drug-likeness (QED) is 0.647. The highest BCUT2D eigenvalue weighted by Gasteiger charge is 2.23. The molecule has 3 N–H and O–H groups in total. The van der Waals surface area contributed by atoms with Crippen LogP contribution in [0.3, 0.4) is 0 Å². The molecule has 2 saturated heterocycles. The smallest absolute Gasteiger partial charge is 0.350 e. The van der Waals surface area contributed by atoms with Crippen molar-refractivity contribution in [3.63, 3.8) is 0 Å². The van der Waals surface area contributed by atoms with Crippen LogP contribution in [0.1, 0.15) is 23.8 Å². The Morgan fingerprint density at radius 2 is 2.19 bits per heavy atom. The first-order chi connectivity index (χ1) is 12.5. The lowest BCUT2D eigenvalue weighted by molar-refractivity contribution is 0.0725. The number of ether oxygens (including phenoxy) is 1. The summed E-state index contributed by atoms with van der Waals surface area (Å²) in [5.41, 5.74) is 5.81. The summed E-state index contributed by atoms with van der Waals surface area (Å²) in [5.74, 6) is 6.60. The Morgan fingerprint density at radius 1 is 1.42 bits per heavy atom. The number of nitrogens with one attached hydrogen (secondary N) is 1. The summed E-state index contributed by atoms with van der Waals surface area (Å²) in [5, 5.41) is 0.0518. The molecule has 0 spiro atoms. The number of nitrogens with two attached hydrogens (primary N) is 1. The van der Waals surface area contributed by atoms with E-state index in [1.165, 1.54) is 4.31 Å². The van der Waals surface area contributed by atoms with Crippen LogP contribution in [0.2, 0.25) is 0 Å². The van der Waals surface area contributed by atoms with Crippen molar-refractivity contribution in [3.8, 4) is 11.8 Å². The molecule has 0 amide bonds. The molecular weight excluding hydrogens is 378 g/mol. The zero-order chi connectivity index (χ0) is 18.6. The van der Waals surface area contributed by atoms with Crippen LogP contribution in [0.25, 0.3) is 0 Å². The van der Waals surface area contributed by atoms with Crippen molar-refractivity contribution in [2.75, 3.05) is 44.3 Å². The maximum Gasteiger partial charge on any atom is 0.350 e. The van der Waals surface area contributed by atoms with E-state index in [1.807, 2.05) is 0 Å². The lowest BCUT2D eigenvalue weighted by atomic mass is 10.3. The van der Waals surface area contributed by atoms with Crippen LogP contribution < -0.4 is 16.1 Å². The highest BCUT2D eigenvalue weighted by Crippen LogP contribution is 2.34. The van der Waals surface area contributed by atoms with Gasteiger partial charge in [0, 0.05) is 19.3 Å². The molecule has 2 fully saturated rings. The lowest BCUT2D eigenvalue weighted by Gasteiger charge is -2.25. The van der Waals surface area contributed by atoms with Crippen molar-refractivity contribution in [3.05, 3.63) is 22.2 Å². The second-order valence-electron chi connectivity index (χ2n) is 5.84. The number of nitrogens with zero attached hydrogens (tertiary/aromatic N) is 3. The van der Waals surface area contributed by atoms with Crippen LogP contribution >= 0.6 is 11.8 Å². The maximum absolute atomic E-state index is 12.1. The fourth-order valence-electron chi connectivity index (χ4n) is 2.71. The number of hydrogen-bond donors (Lipinski definition) is 2. The summed E-state index contributed by atoms with van der Waals surface area (Å²) >= 11 is 1.70. The van der Waals surface area contributed by atoms with Gasteiger partial charge < -0.3 is 10.5 Å². The summed E-state index contributed by atoms with van der Waals surface area (Å²) in [7, 11) is -3.58. The Bertz CT molecular complexity index is 862. The predicted octanol–water partition coefficient (Wildman–Crippen LogP) is -0.631. The normalized spacial score (nSPS) is 21.3. The molecule has 11 heteroatoms. The average molecular weight is 399 g/mol. The standard InChI is InChI=1S/C15H21N5O4S2/c16-14-12(11-20(15(21)18-14)13-4-2-10-25-13)3-1-5-17-26(22,23)19-6-8-24-9-7-19/h11,13,17H,2,4-10H2,(H2,16,18,21)/t13-/m0/s1. The summed E-state index contributed by atoms with van der Waals surface area (Å²) in [6.07, 6.45) is 3.57. The Balaban J connectivity index is 1.67. The number of morpholine rings is 1. The Morgan fingerprint density at radius 3 is 2.88 bits per heavy atom. The number of aromatic nitrogens is 2. The van der Waals surface area contributed by atoms with Gasteiger partial charge in [0.1, 0.15) is 5.82 Å². The van der Waals surface area contributed by atoms with E-state index in [0.29, 0.717) is 31.9 Å². The molecule has 0 aliphatic carbocycles. The van der Waals surface area contributed by atoms with Crippen molar-refractivity contribution >= 4 is 27.8 Å². The molecule has 1 aromatic heterocycles. The van der Waals surface area contributed by atoms with Crippen molar-refractivity contribution in [1.29, 1.82) is 0 Å². The van der Waals surface area contributed by atoms with E-state index in [1.54, 1.807) is 22.5 Å². The average Bonchev–Trinajstić information content (AvgIpc) is 3.15. The highest BCUT2D eigenvalue weighted by molar-refractivity contribution is 7.99. The van der Waals surface area contributed by atoms with E-state index >= 15 is 0 Å². The third-order valence-corrected chi connectivity index (χ3v) is 7.00. The minimum absolute atomic E-state index is 0.0518. The van der Waals surface area contributed by atoms with E-state index < -0.39 is 10.2 Å². The summed E-state index contributed by atoms with van der Waals surface area (Å²) < 4.78 is 34.7. The van der Waals surface area contributed by atoms with E-state index in [4.69, 9.17) is 10.5 Å². The first-order valence-electron chi connectivity index (χ1n) is 8.29. The largest absolute Gasteiger partial charge is 0.382 e. The first-order valence-corrected chi connectivity index (χ1v) is 10.8. The molecule has 0 saturated carbocycles. The van der Waals surface area contributed by atoms with Gasteiger partial charge in [-0.2, -0.15) is 22.4 Å². The fraction of sp³-hybridized carbons (Fsp3) is 0.600. The summed E-state index contributed by atoms with van der Waals surface area (Å²) in [4.78, 5) is 15.8. The van der Waals surface area contributed by atoms with Gasteiger partial charge >= 0.3 is 5.69 Å². The van der Waals surface area contributed by atoms with Crippen molar-refractivity contribution in [2.24, 2.45) is 0 Å². The van der Waals surface area contributed by atoms with Crippen molar-refractivity contribution in [2.45, 2.75) is 18.2 Å². The number of hydrogen-bond acceptors (Lipinski definition) is 7. The topological polar surface area (TPSA) is 120 Å². The molecule has 0 bridgehead atoms. The Labute approximate surface area is 156 Å². The van der Waals surface area contributed by atoms with E-state index in [2.05, 4.69) is 21.5 Å². The molecule has 1 atom stereocenters. The molecule has 0 radical (unpaired) electrons. The Kier molecular flexibility index (Phi) is 6.20. The van der Waals surface area contributed by atoms with Crippen LogP contribution in [-0.2, 0) is 14.9 Å². The van der Waals surface area contributed by atoms with Crippen LogP contribution in [0.15, 0.2) is 11.0 Å². The lowest BCUT2D eigenvalue weighted by Crippen LogP contribution is -2.46. The summed E-state index contributed by atoms with van der Waals surface area (Å²) in [6, 6.07) is 0. The minimum Gasteiger partial charge on any atom is -0.382 e. The molecule has 2 aliphatic heterocycles. The number of nitrogen functional groups attached to an aromatic ring is 1. The van der Waals surface area contributed by atoms with Gasteiger partial charge in [-0.15, -0.1) is 11.8 Å². The van der Waals surface area contributed by atoms with Crippen molar-refractivity contribution < 1.29 is 13.2 Å². The molecule has 1 aromatic rings. The molecule has 9 nitrogen and oxygen atoms in total. The third-order valence-electron chi connectivity index (χ3n) is 4.07. The SMILES string of the molecule is Nc1nc(=O)n([C@@H]2CCCS2)cc1C#CCNS(=O)(=O)N1CCOCC1. The van der Waals surface area contributed by atoms with Gasteiger partial charge in [0.25, 0.3) is 10.2 Å². The highest BCUT2D eigenvalue weighted by atomic mass is 32.2. The van der Waals surface area contributed by atoms with Crippen LogP contribution in [-0.4, -0.2) is 60.9 Å². The minimum atomic E-state index is -3.58. The zero-order valence-electron chi connectivity index (χ0n) is 14.2. The predicted molar refractivity (Wildman–Crippen MR) is 99.8 cm³/mol. The molecule has 142 valence electrons. The van der Waals surface area contributed by atoms with E-state index in [0.717, 1.165) is 18.6 Å². The number of rotatable bonds is 4. The van der Waals surface area contributed by atoms with Crippen LogP contribution in [0, 0.1) is 11.8 Å². The molecule has 3 heterocycles. The third kappa shape index (κ3) is 4.57. The zero-order valence-corrected chi connectivity index (χ0v) is 15.8. The van der Waals surface area contributed by atoms with Gasteiger partial charge in [0.15, 0.2) is 0 Å². The summed E-state index contributed by atoms with van der Waals surface area (Å²) in [6.45, 7) is 1.36. The van der Waals surface area contributed by atoms with Crippen molar-refractivity contribution in [1.82, 2.24) is 18.6 Å². The number of thioether (sulfide) groups is 1. The van der Waals surface area contributed by atoms with Crippen LogP contribution in [0.5, 0.6) is 0 Å². The van der Waals surface area contributed by atoms with Gasteiger partial charge in [-0.05, 0) is 18.6 Å². The van der Waals surface area contributed by atoms with Gasteiger partial charge in [-0.1, -0.05) is 11.8 Å². The molecular formula is C15H21N5O4S2. The first kappa shape index (κ1) is 19.2. The van der Waals surface area contributed by atoms with Gasteiger partial charge in [0.2, 0.25) is 0 Å². The second kappa shape index (κ2) is 8.41. The number of anilines is 1. The van der Waals surface area contributed by atoms with E-state index in [9.17, 15) is 13.2 Å². The molecule has 0 unspecified atom stereocenters. The molecule has 26 heavy (non-hydrogen) atoms. The Hall–Kier alpha value is -1.58. The maximum atomic E-state index is 12.1. The molecule has 3 rings (SSSR count). The van der Waals surface area contributed by atoms with Gasteiger partial charge in [0.05, 0.1) is 30.7 Å². The van der Waals surface area contributed by atoms with Gasteiger partial charge in [-0.25, -0.2) is 4.79 Å². The molecule has 0 aromatic carbocycles. The monoisotopic (exact) mass is 399 g/mol. The molecule has 2 aliphatic rings.